The van der Waals surface area contributed by atoms with Crippen LogP contribution in [0.25, 0.3) is 10.8 Å². The molecule has 0 aliphatic heterocycles. The molecule has 1 N–H and O–H groups in total. The zero-order chi connectivity index (χ0) is 12.5. The van der Waals surface area contributed by atoms with Gasteiger partial charge in [-0.25, -0.2) is 5.48 Å². The van der Waals surface area contributed by atoms with Crippen molar-refractivity contribution < 1.29 is 9.63 Å². The lowest BCUT2D eigenvalue weighted by atomic mass is 10.00. The Labute approximate surface area is 106 Å². The molecule has 0 heterocycles. The van der Waals surface area contributed by atoms with Crippen molar-refractivity contribution in [3.63, 3.8) is 0 Å². The summed E-state index contributed by atoms with van der Waals surface area (Å²) >= 11 is 0. The molecular weight excluding hydrogens is 226 g/mol. The molecule has 0 saturated heterocycles. The van der Waals surface area contributed by atoms with Crippen LogP contribution >= 0.6 is 0 Å². The highest BCUT2D eigenvalue weighted by molar-refractivity contribution is 5.89. The SMILES string of the molecule is CONC(=O)[C@H]1C[C@H]1c1cccc2ccccc12. The van der Waals surface area contributed by atoms with E-state index >= 15 is 0 Å². The normalized spacial score (nSPS) is 21.8. The monoisotopic (exact) mass is 241 g/mol. The Balaban J connectivity index is 1.91. The van der Waals surface area contributed by atoms with Crippen LogP contribution in [0.1, 0.15) is 17.9 Å². The molecule has 1 fully saturated rings. The van der Waals surface area contributed by atoms with Crippen molar-refractivity contribution >= 4 is 16.7 Å². The van der Waals surface area contributed by atoms with E-state index in [0.717, 1.165) is 6.42 Å². The Kier molecular flexibility index (Phi) is 2.76. The smallest absolute Gasteiger partial charge is 0.247 e. The number of carbonyl (C=O) groups excluding carboxylic acids is 1. The van der Waals surface area contributed by atoms with Gasteiger partial charge in [-0.15, -0.1) is 0 Å². The number of rotatable bonds is 3. The van der Waals surface area contributed by atoms with Crippen molar-refractivity contribution in [2.24, 2.45) is 5.92 Å². The van der Waals surface area contributed by atoms with E-state index in [1.54, 1.807) is 0 Å². The summed E-state index contributed by atoms with van der Waals surface area (Å²) in [4.78, 5) is 16.4. The van der Waals surface area contributed by atoms with Crippen LogP contribution in [-0.2, 0) is 9.63 Å². The van der Waals surface area contributed by atoms with Crippen LogP contribution in [0.2, 0.25) is 0 Å². The topological polar surface area (TPSA) is 38.3 Å². The van der Waals surface area contributed by atoms with Crippen LogP contribution in [0.5, 0.6) is 0 Å². The Morgan fingerprint density at radius 1 is 1.22 bits per heavy atom. The molecule has 0 radical (unpaired) electrons. The Bertz CT molecular complexity index is 589. The molecule has 3 rings (SSSR count). The lowest BCUT2D eigenvalue weighted by molar-refractivity contribution is -0.132. The molecule has 0 unspecified atom stereocenters. The van der Waals surface area contributed by atoms with E-state index in [-0.39, 0.29) is 11.8 Å². The number of fused-ring (bicyclic) bond motifs is 1. The van der Waals surface area contributed by atoms with Crippen molar-refractivity contribution in [2.45, 2.75) is 12.3 Å². The molecular formula is C15H15NO2. The zero-order valence-corrected chi connectivity index (χ0v) is 10.2. The van der Waals surface area contributed by atoms with Crippen LogP contribution in [0, 0.1) is 5.92 Å². The highest BCUT2D eigenvalue weighted by Crippen LogP contribution is 2.49. The summed E-state index contributed by atoms with van der Waals surface area (Å²) in [6.07, 6.45) is 0.906. The Hall–Kier alpha value is -1.87. The van der Waals surface area contributed by atoms with Crippen LogP contribution in [0.4, 0.5) is 0 Å². The number of benzene rings is 2. The molecule has 18 heavy (non-hydrogen) atoms. The van der Waals surface area contributed by atoms with Gasteiger partial charge in [-0.2, -0.15) is 0 Å². The first-order valence-corrected chi connectivity index (χ1v) is 6.12. The minimum atomic E-state index is -0.0181. The summed E-state index contributed by atoms with van der Waals surface area (Å²) in [6, 6.07) is 14.6. The van der Waals surface area contributed by atoms with Crippen LogP contribution in [0.3, 0.4) is 0 Å². The molecule has 3 heteroatoms. The Morgan fingerprint density at radius 3 is 2.83 bits per heavy atom. The van der Waals surface area contributed by atoms with Gasteiger partial charge in [0.15, 0.2) is 0 Å². The molecule has 0 spiro atoms. The van der Waals surface area contributed by atoms with Gasteiger partial charge in [0.05, 0.1) is 7.11 Å². The molecule has 92 valence electrons. The minimum Gasteiger partial charge on any atom is -0.277 e. The molecule has 2 atom stereocenters. The molecule has 0 bridgehead atoms. The quantitative estimate of drug-likeness (QED) is 0.839. The average molecular weight is 241 g/mol. The largest absolute Gasteiger partial charge is 0.277 e. The molecule has 2 aromatic carbocycles. The van der Waals surface area contributed by atoms with Gasteiger partial charge in [-0.3, -0.25) is 9.63 Å². The number of hydrogen-bond acceptors (Lipinski definition) is 2. The van der Waals surface area contributed by atoms with Crippen molar-refractivity contribution in [3.8, 4) is 0 Å². The maximum Gasteiger partial charge on any atom is 0.247 e. The second-order valence-electron chi connectivity index (χ2n) is 4.69. The van der Waals surface area contributed by atoms with E-state index < -0.39 is 0 Å². The van der Waals surface area contributed by atoms with Crippen molar-refractivity contribution in [1.29, 1.82) is 0 Å². The molecule has 1 aliphatic rings. The predicted molar refractivity (Wildman–Crippen MR) is 69.9 cm³/mol. The fourth-order valence-corrected chi connectivity index (χ4v) is 2.58. The predicted octanol–water partition coefficient (Wildman–Crippen LogP) is 2.62. The van der Waals surface area contributed by atoms with Crippen LogP contribution in [0.15, 0.2) is 42.5 Å². The molecule has 1 aliphatic carbocycles. The maximum atomic E-state index is 11.7. The first-order chi connectivity index (χ1) is 8.81. The van der Waals surface area contributed by atoms with E-state index in [4.69, 9.17) is 0 Å². The number of hydrogen-bond donors (Lipinski definition) is 1. The van der Waals surface area contributed by atoms with Gasteiger partial charge in [0.25, 0.3) is 0 Å². The Morgan fingerprint density at radius 2 is 2.00 bits per heavy atom. The molecule has 1 saturated carbocycles. The fraction of sp³-hybridized carbons (Fsp3) is 0.267. The third-order valence-corrected chi connectivity index (χ3v) is 3.55. The van der Waals surface area contributed by atoms with E-state index in [2.05, 4.69) is 40.6 Å². The highest BCUT2D eigenvalue weighted by atomic mass is 16.6. The summed E-state index contributed by atoms with van der Waals surface area (Å²) in [5.41, 5.74) is 3.68. The van der Waals surface area contributed by atoms with Gasteiger partial charge in [0, 0.05) is 5.92 Å². The minimum absolute atomic E-state index is 0.0181. The van der Waals surface area contributed by atoms with Gasteiger partial charge in [-0.1, -0.05) is 42.5 Å². The first-order valence-electron chi connectivity index (χ1n) is 6.12. The van der Waals surface area contributed by atoms with E-state index in [0.29, 0.717) is 5.92 Å². The second-order valence-corrected chi connectivity index (χ2v) is 4.69. The average Bonchev–Trinajstić information content (AvgIpc) is 3.18. The molecule has 1 amide bonds. The third-order valence-electron chi connectivity index (χ3n) is 3.55. The van der Waals surface area contributed by atoms with E-state index in [1.807, 2.05) is 12.1 Å². The fourth-order valence-electron chi connectivity index (χ4n) is 2.58. The van der Waals surface area contributed by atoms with E-state index in [1.165, 1.54) is 23.4 Å². The standard InChI is InChI=1S/C15H15NO2/c1-18-16-15(17)14-9-13(14)12-8-4-6-10-5-2-3-7-11(10)12/h2-8,13-14H,9H2,1H3,(H,16,17)/t13-,14-/m0/s1. The summed E-state index contributed by atoms with van der Waals surface area (Å²) in [7, 11) is 1.47. The lowest BCUT2D eigenvalue weighted by Crippen LogP contribution is -2.23. The lowest BCUT2D eigenvalue weighted by Gasteiger charge is -2.06. The molecule has 0 aromatic heterocycles. The summed E-state index contributed by atoms with van der Waals surface area (Å²) in [6.45, 7) is 0. The number of nitrogens with one attached hydrogen (secondary N) is 1. The first kappa shape index (κ1) is 11.2. The van der Waals surface area contributed by atoms with Crippen LogP contribution in [-0.4, -0.2) is 13.0 Å². The van der Waals surface area contributed by atoms with Gasteiger partial charge in [0.2, 0.25) is 5.91 Å². The maximum absolute atomic E-state index is 11.7. The van der Waals surface area contributed by atoms with Crippen LogP contribution < -0.4 is 5.48 Å². The summed E-state index contributed by atoms with van der Waals surface area (Å²) in [5.74, 6) is 0.359. The third kappa shape index (κ3) is 1.87. The number of carbonyl (C=O) groups is 1. The van der Waals surface area contributed by atoms with Crippen molar-refractivity contribution in [2.75, 3.05) is 7.11 Å². The molecule has 3 nitrogen and oxygen atoms in total. The number of hydroxylamine groups is 1. The summed E-state index contributed by atoms with van der Waals surface area (Å²) in [5, 5.41) is 2.48. The van der Waals surface area contributed by atoms with Gasteiger partial charge < -0.3 is 0 Å². The van der Waals surface area contributed by atoms with Gasteiger partial charge >= 0.3 is 0 Å². The van der Waals surface area contributed by atoms with Gasteiger partial charge in [0.1, 0.15) is 0 Å². The zero-order valence-electron chi connectivity index (χ0n) is 10.2. The highest BCUT2D eigenvalue weighted by Gasteiger charge is 2.44. The second kappa shape index (κ2) is 4.42. The van der Waals surface area contributed by atoms with Gasteiger partial charge in [-0.05, 0) is 28.7 Å². The summed E-state index contributed by atoms with van der Waals surface area (Å²) < 4.78 is 0. The number of amides is 1. The van der Waals surface area contributed by atoms with Crippen molar-refractivity contribution in [3.05, 3.63) is 48.0 Å². The van der Waals surface area contributed by atoms with Crippen molar-refractivity contribution in [1.82, 2.24) is 5.48 Å². The molecule has 2 aromatic rings. The van der Waals surface area contributed by atoms with E-state index in [9.17, 15) is 4.79 Å².